The molecule has 4 nitrogen and oxygen atoms in total. The van der Waals surface area contributed by atoms with Crippen LogP contribution in [0.3, 0.4) is 0 Å². The summed E-state index contributed by atoms with van der Waals surface area (Å²) in [6.07, 6.45) is 0.500. The predicted octanol–water partition coefficient (Wildman–Crippen LogP) is 5.83. The minimum Gasteiger partial charge on any atom is -0.481 e. The monoisotopic (exact) mass is 384 g/mol. The van der Waals surface area contributed by atoms with E-state index in [9.17, 15) is 9.90 Å². The summed E-state index contributed by atoms with van der Waals surface area (Å²) in [7, 11) is 0. The standard InChI is InChI=1S/C19H18N2O2S.C2H6.CH4/c22-18(23)16(11-14-7-3-1-4-8-14)12-20-19-21-17(13-24-19)15-9-5-2-6-10-15;1-2;/h1-10,13,16H,11-12H2,(H,20,21)(H,22,23);1-2H3;1H4. The second-order valence-electron chi connectivity index (χ2n) is 5.51. The molecular weight excluding hydrogens is 356 g/mol. The second-order valence-corrected chi connectivity index (χ2v) is 6.37. The van der Waals surface area contributed by atoms with Gasteiger partial charge in [-0.1, -0.05) is 81.9 Å². The minimum atomic E-state index is -0.800. The molecule has 3 rings (SSSR count). The van der Waals surface area contributed by atoms with Gasteiger partial charge in [-0.05, 0) is 12.0 Å². The molecule has 2 aromatic carbocycles. The van der Waals surface area contributed by atoms with Crippen LogP contribution in [0, 0.1) is 5.92 Å². The molecule has 0 saturated carbocycles. The molecule has 0 aliphatic carbocycles. The van der Waals surface area contributed by atoms with Crippen LogP contribution in [-0.2, 0) is 11.2 Å². The van der Waals surface area contributed by atoms with Crippen molar-refractivity contribution >= 4 is 22.4 Å². The summed E-state index contributed by atoms with van der Waals surface area (Å²) < 4.78 is 0. The average Bonchev–Trinajstić information content (AvgIpc) is 3.17. The molecule has 0 aliphatic heterocycles. The molecule has 1 atom stereocenters. The largest absolute Gasteiger partial charge is 0.481 e. The fourth-order valence-corrected chi connectivity index (χ4v) is 3.18. The number of aromatic nitrogens is 1. The molecular formula is C22H28N2O2S. The van der Waals surface area contributed by atoms with Crippen LogP contribution < -0.4 is 5.32 Å². The molecule has 0 bridgehead atoms. The molecule has 1 heterocycles. The van der Waals surface area contributed by atoms with Crippen molar-refractivity contribution in [3.8, 4) is 11.3 Å². The number of nitrogens with one attached hydrogen (secondary N) is 1. The van der Waals surface area contributed by atoms with Crippen LogP contribution >= 0.6 is 11.3 Å². The molecule has 27 heavy (non-hydrogen) atoms. The van der Waals surface area contributed by atoms with Crippen molar-refractivity contribution in [2.45, 2.75) is 27.7 Å². The van der Waals surface area contributed by atoms with Gasteiger partial charge in [-0.25, -0.2) is 4.98 Å². The Balaban J connectivity index is 0.00000118. The summed E-state index contributed by atoms with van der Waals surface area (Å²) in [4.78, 5) is 16.0. The van der Waals surface area contributed by atoms with Gasteiger partial charge in [0.1, 0.15) is 0 Å². The first kappa shape index (κ1) is 22.4. The van der Waals surface area contributed by atoms with Crippen molar-refractivity contribution in [3.05, 3.63) is 71.6 Å². The van der Waals surface area contributed by atoms with Gasteiger partial charge in [-0.15, -0.1) is 11.3 Å². The molecule has 0 saturated heterocycles. The average molecular weight is 385 g/mol. The zero-order valence-corrected chi connectivity index (χ0v) is 15.9. The van der Waals surface area contributed by atoms with Gasteiger partial charge in [0.05, 0.1) is 11.6 Å². The van der Waals surface area contributed by atoms with Gasteiger partial charge in [0.15, 0.2) is 5.13 Å². The number of aliphatic carboxylic acids is 1. The minimum absolute atomic E-state index is 0. The third-order valence-electron chi connectivity index (χ3n) is 3.75. The van der Waals surface area contributed by atoms with Gasteiger partial charge in [-0.3, -0.25) is 4.79 Å². The number of thiazole rings is 1. The van der Waals surface area contributed by atoms with Crippen molar-refractivity contribution in [1.29, 1.82) is 0 Å². The SMILES string of the molecule is C.CC.O=C(O)C(CNc1nc(-c2ccccc2)cs1)Cc1ccccc1. The number of nitrogens with zero attached hydrogens (tertiary/aromatic N) is 1. The summed E-state index contributed by atoms with van der Waals surface area (Å²) in [6, 6.07) is 19.6. The molecule has 1 unspecified atom stereocenters. The Kier molecular flexibility index (Phi) is 9.83. The van der Waals surface area contributed by atoms with Gasteiger partial charge in [0.25, 0.3) is 0 Å². The van der Waals surface area contributed by atoms with Crippen LogP contribution in [0.5, 0.6) is 0 Å². The smallest absolute Gasteiger partial charge is 0.308 e. The van der Waals surface area contributed by atoms with Crippen molar-refractivity contribution < 1.29 is 9.90 Å². The van der Waals surface area contributed by atoms with Gasteiger partial charge >= 0.3 is 5.97 Å². The van der Waals surface area contributed by atoms with E-state index in [-0.39, 0.29) is 7.43 Å². The molecule has 144 valence electrons. The van der Waals surface area contributed by atoms with Crippen LogP contribution in [0.2, 0.25) is 0 Å². The fourth-order valence-electron chi connectivity index (χ4n) is 2.45. The maximum Gasteiger partial charge on any atom is 0.308 e. The topological polar surface area (TPSA) is 62.2 Å². The van der Waals surface area contributed by atoms with Crippen LogP contribution in [0.1, 0.15) is 26.8 Å². The van der Waals surface area contributed by atoms with E-state index in [0.717, 1.165) is 22.0 Å². The Morgan fingerprint density at radius 1 is 1.07 bits per heavy atom. The van der Waals surface area contributed by atoms with Crippen molar-refractivity contribution in [3.63, 3.8) is 0 Å². The summed E-state index contributed by atoms with van der Waals surface area (Å²) >= 11 is 1.49. The molecule has 2 N–H and O–H groups in total. The van der Waals surface area contributed by atoms with E-state index in [1.807, 2.05) is 79.9 Å². The second kappa shape index (κ2) is 11.9. The highest BCUT2D eigenvalue weighted by Crippen LogP contribution is 2.24. The molecule has 3 aromatic rings. The van der Waals surface area contributed by atoms with E-state index in [2.05, 4.69) is 10.3 Å². The van der Waals surface area contributed by atoms with Crippen molar-refractivity contribution in [2.75, 3.05) is 11.9 Å². The maximum absolute atomic E-state index is 11.5. The molecule has 1 aromatic heterocycles. The van der Waals surface area contributed by atoms with Crippen LogP contribution in [0.15, 0.2) is 66.0 Å². The molecule has 0 fully saturated rings. The summed E-state index contributed by atoms with van der Waals surface area (Å²) in [5.41, 5.74) is 2.98. The number of hydrogen-bond donors (Lipinski definition) is 2. The molecule has 0 spiro atoms. The number of anilines is 1. The van der Waals surface area contributed by atoms with E-state index in [0.29, 0.717) is 13.0 Å². The van der Waals surface area contributed by atoms with Gasteiger partial charge in [-0.2, -0.15) is 0 Å². The fraction of sp³-hybridized carbons (Fsp3) is 0.273. The third kappa shape index (κ3) is 6.87. The predicted molar refractivity (Wildman–Crippen MR) is 115 cm³/mol. The van der Waals surface area contributed by atoms with Crippen molar-refractivity contribution in [2.24, 2.45) is 5.92 Å². The molecule has 0 amide bonds. The number of carboxylic acids is 1. The Morgan fingerprint density at radius 2 is 1.67 bits per heavy atom. The van der Waals surface area contributed by atoms with Crippen LogP contribution in [0.25, 0.3) is 11.3 Å². The van der Waals surface area contributed by atoms with Crippen LogP contribution in [0.4, 0.5) is 5.13 Å². The quantitative estimate of drug-likeness (QED) is 0.538. The normalized spacial score (nSPS) is 10.7. The maximum atomic E-state index is 11.5. The number of hydrogen-bond acceptors (Lipinski definition) is 4. The van der Waals surface area contributed by atoms with Gasteiger partial charge in [0.2, 0.25) is 0 Å². The highest BCUT2D eigenvalue weighted by molar-refractivity contribution is 7.14. The van der Waals surface area contributed by atoms with Gasteiger partial charge < -0.3 is 10.4 Å². The third-order valence-corrected chi connectivity index (χ3v) is 4.55. The number of carbonyl (C=O) groups is 1. The molecule has 0 aliphatic rings. The van der Waals surface area contributed by atoms with Gasteiger partial charge in [0, 0.05) is 17.5 Å². The summed E-state index contributed by atoms with van der Waals surface area (Å²) in [5, 5.41) is 15.3. The highest BCUT2D eigenvalue weighted by Gasteiger charge is 2.18. The first-order chi connectivity index (χ1) is 12.7. The Bertz CT molecular complexity index is 788. The van der Waals surface area contributed by atoms with E-state index in [1.165, 1.54) is 11.3 Å². The number of carboxylic acid groups (broad SMARTS) is 1. The Labute approximate surface area is 165 Å². The lowest BCUT2D eigenvalue weighted by atomic mass is 9.99. The first-order valence-corrected chi connectivity index (χ1v) is 9.62. The first-order valence-electron chi connectivity index (χ1n) is 8.74. The summed E-state index contributed by atoms with van der Waals surface area (Å²) in [6.45, 7) is 4.35. The van der Waals surface area contributed by atoms with E-state index in [1.54, 1.807) is 0 Å². The lowest BCUT2D eigenvalue weighted by Crippen LogP contribution is -2.25. The van der Waals surface area contributed by atoms with E-state index >= 15 is 0 Å². The molecule has 0 radical (unpaired) electrons. The van der Waals surface area contributed by atoms with E-state index < -0.39 is 11.9 Å². The Morgan fingerprint density at radius 3 is 2.26 bits per heavy atom. The van der Waals surface area contributed by atoms with E-state index in [4.69, 9.17) is 0 Å². The molecule has 5 heteroatoms. The highest BCUT2D eigenvalue weighted by atomic mass is 32.1. The number of rotatable bonds is 7. The number of benzene rings is 2. The summed E-state index contributed by atoms with van der Waals surface area (Å²) in [5.74, 6) is -1.29. The lowest BCUT2D eigenvalue weighted by Gasteiger charge is -2.12. The zero-order chi connectivity index (χ0) is 18.8. The lowest BCUT2D eigenvalue weighted by molar-refractivity contribution is -0.141. The van der Waals surface area contributed by atoms with Crippen LogP contribution in [-0.4, -0.2) is 22.6 Å². The Hall–Kier alpha value is -2.66. The van der Waals surface area contributed by atoms with Crippen molar-refractivity contribution in [1.82, 2.24) is 4.98 Å². The zero-order valence-electron chi connectivity index (χ0n) is 15.1.